The maximum atomic E-state index is 12.2. The first-order chi connectivity index (χ1) is 9.09. The molecule has 1 heterocycles. The van der Waals surface area contributed by atoms with Crippen molar-refractivity contribution in [3.8, 4) is 0 Å². The number of hydrogen-bond acceptors (Lipinski definition) is 3. The van der Waals surface area contributed by atoms with Crippen molar-refractivity contribution in [2.24, 2.45) is 17.8 Å². The molecule has 1 aliphatic carbocycles. The maximum Gasteiger partial charge on any atom is 0.307 e. The fourth-order valence-corrected chi connectivity index (χ4v) is 3.23. The second kappa shape index (κ2) is 6.37. The number of rotatable bonds is 4. The molecule has 1 saturated carbocycles. The summed E-state index contributed by atoms with van der Waals surface area (Å²) in [6, 6.07) is 0.103. The zero-order valence-corrected chi connectivity index (χ0v) is 11.4. The number of aliphatic carboxylic acids is 1. The Bertz CT molecular complexity index is 338. The Balaban J connectivity index is 1.87. The minimum absolute atomic E-state index is 0.0797. The molecule has 0 aromatic heterocycles. The number of carboxylic acid groups (broad SMARTS) is 1. The van der Waals surface area contributed by atoms with Crippen LogP contribution in [0.25, 0.3) is 0 Å². The van der Waals surface area contributed by atoms with E-state index in [4.69, 9.17) is 9.84 Å². The van der Waals surface area contributed by atoms with Gasteiger partial charge in [-0.05, 0) is 38.5 Å². The summed E-state index contributed by atoms with van der Waals surface area (Å²) in [5.74, 6) is -1.32. The van der Waals surface area contributed by atoms with Crippen molar-refractivity contribution in [3.63, 3.8) is 0 Å². The van der Waals surface area contributed by atoms with Crippen LogP contribution in [0.1, 0.15) is 39.0 Å². The summed E-state index contributed by atoms with van der Waals surface area (Å²) in [5.41, 5.74) is 0. The molecule has 0 spiro atoms. The van der Waals surface area contributed by atoms with Crippen molar-refractivity contribution in [2.75, 3.05) is 13.2 Å². The van der Waals surface area contributed by atoms with Crippen LogP contribution in [-0.2, 0) is 14.3 Å². The predicted octanol–water partition coefficient (Wildman–Crippen LogP) is 1.42. The number of ether oxygens (including phenoxy) is 1. The van der Waals surface area contributed by atoms with E-state index in [0.29, 0.717) is 18.8 Å². The van der Waals surface area contributed by atoms with E-state index in [2.05, 4.69) is 5.32 Å². The minimum atomic E-state index is -0.837. The molecule has 2 fully saturated rings. The fourth-order valence-electron chi connectivity index (χ4n) is 3.23. The van der Waals surface area contributed by atoms with Gasteiger partial charge in [-0.1, -0.05) is 6.42 Å². The summed E-state index contributed by atoms with van der Waals surface area (Å²) in [4.78, 5) is 23.3. The van der Waals surface area contributed by atoms with Gasteiger partial charge in [0.25, 0.3) is 0 Å². The lowest BCUT2D eigenvalue weighted by molar-refractivity contribution is -0.146. The van der Waals surface area contributed by atoms with Gasteiger partial charge in [-0.25, -0.2) is 0 Å². The van der Waals surface area contributed by atoms with Gasteiger partial charge in [0.2, 0.25) is 5.91 Å². The molecule has 0 bridgehead atoms. The molecule has 5 heteroatoms. The van der Waals surface area contributed by atoms with Crippen molar-refractivity contribution < 1.29 is 19.4 Å². The Morgan fingerprint density at radius 3 is 2.42 bits per heavy atom. The Labute approximate surface area is 113 Å². The molecule has 1 saturated heterocycles. The molecule has 1 amide bonds. The molecule has 0 radical (unpaired) electrons. The maximum absolute atomic E-state index is 12.2. The summed E-state index contributed by atoms with van der Waals surface area (Å²) in [6.07, 6.45) is 4.09. The van der Waals surface area contributed by atoms with E-state index in [1.165, 1.54) is 0 Å². The van der Waals surface area contributed by atoms with E-state index in [1.54, 1.807) is 0 Å². The third-order valence-electron chi connectivity index (χ3n) is 4.51. The number of carboxylic acids is 1. The van der Waals surface area contributed by atoms with Gasteiger partial charge in [0.05, 0.1) is 11.8 Å². The molecule has 0 aromatic rings. The van der Waals surface area contributed by atoms with Crippen LogP contribution >= 0.6 is 0 Å². The monoisotopic (exact) mass is 269 g/mol. The van der Waals surface area contributed by atoms with Crippen molar-refractivity contribution in [1.82, 2.24) is 5.32 Å². The van der Waals surface area contributed by atoms with E-state index in [-0.39, 0.29) is 17.9 Å². The lowest BCUT2D eigenvalue weighted by atomic mass is 9.91. The molecule has 2 rings (SSSR count). The van der Waals surface area contributed by atoms with Crippen molar-refractivity contribution in [1.29, 1.82) is 0 Å². The van der Waals surface area contributed by atoms with Crippen LogP contribution in [0.4, 0.5) is 0 Å². The van der Waals surface area contributed by atoms with Gasteiger partial charge >= 0.3 is 5.97 Å². The van der Waals surface area contributed by atoms with Crippen LogP contribution in [0.3, 0.4) is 0 Å². The lowest BCUT2D eigenvalue weighted by Gasteiger charge is -2.29. The van der Waals surface area contributed by atoms with Gasteiger partial charge in [0.15, 0.2) is 0 Å². The number of carbonyl (C=O) groups is 2. The Kier molecular flexibility index (Phi) is 4.80. The van der Waals surface area contributed by atoms with E-state index >= 15 is 0 Å². The Hall–Kier alpha value is -1.10. The van der Waals surface area contributed by atoms with Crippen LogP contribution in [0.5, 0.6) is 0 Å². The molecule has 3 atom stereocenters. The largest absolute Gasteiger partial charge is 0.481 e. The van der Waals surface area contributed by atoms with E-state index in [0.717, 1.165) is 32.5 Å². The number of hydrogen-bond donors (Lipinski definition) is 2. The van der Waals surface area contributed by atoms with Gasteiger partial charge < -0.3 is 15.2 Å². The average molecular weight is 269 g/mol. The molecule has 2 N–H and O–H groups in total. The third-order valence-corrected chi connectivity index (χ3v) is 4.51. The average Bonchev–Trinajstić information content (AvgIpc) is 2.89. The van der Waals surface area contributed by atoms with Gasteiger partial charge in [0.1, 0.15) is 0 Å². The Morgan fingerprint density at radius 2 is 1.79 bits per heavy atom. The molecular formula is C14H23NO4. The first kappa shape index (κ1) is 14.3. The SMILES string of the molecule is CC(NC(=O)[C@@H]1CCC[C@@H]1C(=O)O)C1CCOCC1. The first-order valence-corrected chi connectivity index (χ1v) is 7.20. The highest BCUT2D eigenvalue weighted by molar-refractivity contribution is 5.85. The second-order valence-corrected chi connectivity index (χ2v) is 5.73. The van der Waals surface area contributed by atoms with E-state index in [9.17, 15) is 9.59 Å². The van der Waals surface area contributed by atoms with Crippen LogP contribution in [0.2, 0.25) is 0 Å². The fraction of sp³-hybridized carbons (Fsp3) is 0.857. The van der Waals surface area contributed by atoms with Gasteiger partial charge in [-0.2, -0.15) is 0 Å². The standard InChI is InChI=1S/C14H23NO4/c1-9(10-5-7-19-8-6-10)15-13(16)11-3-2-4-12(11)14(17)18/h9-12H,2-8H2,1H3,(H,15,16)(H,17,18)/t9?,11-,12+/m1/s1. The highest BCUT2D eigenvalue weighted by Crippen LogP contribution is 2.32. The molecule has 0 aromatic carbocycles. The topological polar surface area (TPSA) is 75.6 Å². The van der Waals surface area contributed by atoms with Crippen LogP contribution in [-0.4, -0.2) is 36.2 Å². The second-order valence-electron chi connectivity index (χ2n) is 5.73. The number of nitrogens with one attached hydrogen (secondary N) is 1. The summed E-state index contributed by atoms with van der Waals surface area (Å²) < 4.78 is 5.31. The molecule has 108 valence electrons. The molecule has 2 aliphatic rings. The Morgan fingerprint density at radius 1 is 1.16 bits per heavy atom. The molecule has 5 nitrogen and oxygen atoms in total. The molecule has 1 aliphatic heterocycles. The van der Waals surface area contributed by atoms with Crippen LogP contribution < -0.4 is 5.32 Å². The molecule has 19 heavy (non-hydrogen) atoms. The quantitative estimate of drug-likeness (QED) is 0.809. The van der Waals surface area contributed by atoms with E-state index < -0.39 is 11.9 Å². The molecular weight excluding hydrogens is 246 g/mol. The zero-order chi connectivity index (χ0) is 13.8. The first-order valence-electron chi connectivity index (χ1n) is 7.20. The third kappa shape index (κ3) is 3.47. The zero-order valence-electron chi connectivity index (χ0n) is 11.4. The van der Waals surface area contributed by atoms with Gasteiger partial charge in [-0.3, -0.25) is 9.59 Å². The predicted molar refractivity (Wildman–Crippen MR) is 69.6 cm³/mol. The lowest BCUT2D eigenvalue weighted by Crippen LogP contribution is -2.44. The summed E-state index contributed by atoms with van der Waals surface area (Å²) in [6.45, 7) is 3.52. The smallest absolute Gasteiger partial charge is 0.307 e. The number of carbonyl (C=O) groups excluding carboxylic acids is 1. The highest BCUT2D eigenvalue weighted by atomic mass is 16.5. The van der Waals surface area contributed by atoms with Crippen molar-refractivity contribution in [3.05, 3.63) is 0 Å². The van der Waals surface area contributed by atoms with Gasteiger partial charge in [0, 0.05) is 19.3 Å². The summed E-state index contributed by atoms with van der Waals surface area (Å²) >= 11 is 0. The summed E-state index contributed by atoms with van der Waals surface area (Å²) in [5, 5.41) is 12.1. The molecule has 1 unspecified atom stereocenters. The van der Waals surface area contributed by atoms with Crippen LogP contribution in [0, 0.1) is 17.8 Å². The van der Waals surface area contributed by atoms with Gasteiger partial charge in [-0.15, -0.1) is 0 Å². The van der Waals surface area contributed by atoms with E-state index in [1.807, 2.05) is 6.92 Å². The van der Waals surface area contributed by atoms with Crippen LogP contribution in [0.15, 0.2) is 0 Å². The highest BCUT2D eigenvalue weighted by Gasteiger charge is 2.38. The normalized spacial score (nSPS) is 29.9. The minimum Gasteiger partial charge on any atom is -0.481 e. The van der Waals surface area contributed by atoms with Crippen molar-refractivity contribution in [2.45, 2.75) is 45.1 Å². The summed E-state index contributed by atoms with van der Waals surface area (Å²) in [7, 11) is 0. The number of amides is 1. The van der Waals surface area contributed by atoms with Crippen molar-refractivity contribution >= 4 is 11.9 Å².